The van der Waals surface area contributed by atoms with Crippen LogP contribution in [0.2, 0.25) is 0 Å². The van der Waals surface area contributed by atoms with Crippen LogP contribution >= 0.6 is 11.3 Å². The number of carbonyl (C=O) groups is 1. The fourth-order valence-corrected chi connectivity index (χ4v) is 2.10. The Morgan fingerprint density at radius 2 is 2.26 bits per heavy atom. The number of amides is 1. The standard InChI is InChI=1S/C12H15N5OS/c1-3-13-11-5-4-10(15-16-11)12(18)17(2)6-9-7-19-8-14-9/h4-5,7-8H,3,6H2,1-2H3,(H,13,16). The SMILES string of the molecule is CCNc1ccc(C(=O)N(C)Cc2cscn2)nn1. The van der Waals surface area contributed by atoms with E-state index in [1.54, 1.807) is 29.6 Å². The minimum Gasteiger partial charge on any atom is -0.369 e. The zero-order valence-corrected chi connectivity index (χ0v) is 11.6. The highest BCUT2D eigenvalue weighted by Crippen LogP contribution is 2.08. The van der Waals surface area contributed by atoms with Gasteiger partial charge in [-0.2, -0.15) is 0 Å². The second-order valence-corrected chi connectivity index (χ2v) is 4.69. The fraction of sp³-hybridized carbons (Fsp3) is 0.333. The molecule has 2 aromatic heterocycles. The van der Waals surface area contributed by atoms with Crippen LogP contribution in [0.25, 0.3) is 0 Å². The molecular weight excluding hydrogens is 262 g/mol. The predicted molar refractivity (Wildman–Crippen MR) is 74.1 cm³/mol. The molecule has 0 aliphatic carbocycles. The highest BCUT2D eigenvalue weighted by molar-refractivity contribution is 7.07. The number of thiazole rings is 1. The maximum atomic E-state index is 12.1. The van der Waals surface area contributed by atoms with Crippen molar-refractivity contribution in [3.8, 4) is 0 Å². The number of aromatic nitrogens is 3. The summed E-state index contributed by atoms with van der Waals surface area (Å²) in [5.74, 6) is 0.504. The second-order valence-electron chi connectivity index (χ2n) is 3.98. The van der Waals surface area contributed by atoms with Gasteiger partial charge in [0, 0.05) is 19.0 Å². The van der Waals surface area contributed by atoms with Crippen LogP contribution in [0.4, 0.5) is 5.82 Å². The van der Waals surface area contributed by atoms with Crippen LogP contribution in [0.5, 0.6) is 0 Å². The summed E-state index contributed by atoms with van der Waals surface area (Å²) in [6.45, 7) is 3.22. The van der Waals surface area contributed by atoms with Crippen LogP contribution in [-0.2, 0) is 6.54 Å². The molecule has 0 spiro atoms. The Morgan fingerprint density at radius 3 is 2.84 bits per heavy atom. The molecule has 100 valence electrons. The summed E-state index contributed by atoms with van der Waals surface area (Å²) in [5.41, 5.74) is 2.95. The van der Waals surface area contributed by atoms with Gasteiger partial charge in [-0.1, -0.05) is 0 Å². The van der Waals surface area contributed by atoms with E-state index >= 15 is 0 Å². The number of rotatable bonds is 5. The number of carbonyl (C=O) groups excluding carboxylic acids is 1. The average Bonchev–Trinajstić information content (AvgIpc) is 2.92. The molecule has 0 fully saturated rings. The van der Waals surface area contributed by atoms with Gasteiger partial charge in [0.25, 0.3) is 5.91 Å². The number of hydrogen-bond acceptors (Lipinski definition) is 6. The topological polar surface area (TPSA) is 71.0 Å². The van der Waals surface area contributed by atoms with Crippen LogP contribution in [-0.4, -0.2) is 39.6 Å². The number of nitrogens with zero attached hydrogens (tertiary/aromatic N) is 4. The van der Waals surface area contributed by atoms with Crippen molar-refractivity contribution < 1.29 is 4.79 Å². The summed E-state index contributed by atoms with van der Waals surface area (Å²) >= 11 is 1.51. The Kier molecular flexibility index (Phi) is 4.40. The van der Waals surface area contributed by atoms with E-state index in [1.807, 2.05) is 12.3 Å². The van der Waals surface area contributed by atoms with Crippen LogP contribution in [0.3, 0.4) is 0 Å². The molecule has 19 heavy (non-hydrogen) atoms. The molecule has 0 atom stereocenters. The summed E-state index contributed by atoms with van der Waals surface area (Å²) in [4.78, 5) is 17.8. The first-order valence-corrected chi connectivity index (χ1v) is 6.85. The van der Waals surface area contributed by atoms with Crippen molar-refractivity contribution >= 4 is 23.1 Å². The van der Waals surface area contributed by atoms with E-state index in [2.05, 4.69) is 20.5 Å². The lowest BCUT2D eigenvalue weighted by molar-refractivity contribution is 0.0776. The van der Waals surface area contributed by atoms with E-state index in [1.165, 1.54) is 11.3 Å². The van der Waals surface area contributed by atoms with Gasteiger partial charge in [0.2, 0.25) is 0 Å². The summed E-state index contributed by atoms with van der Waals surface area (Å²) in [5, 5.41) is 12.8. The molecule has 0 saturated carbocycles. The van der Waals surface area contributed by atoms with Gasteiger partial charge >= 0.3 is 0 Å². The summed E-state index contributed by atoms with van der Waals surface area (Å²) in [7, 11) is 1.72. The molecular formula is C12H15N5OS. The van der Waals surface area contributed by atoms with E-state index in [-0.39, 0.29) is 5.91 Å². The molecule has 1 N–H and O–H groups in total. The molecule has 0 unspecified atom stereocenters. The lowest BCUT2D eigenvalue weighted by Crippen LogP contribution is -2.27. The monoisotopic (exact) mass is 277 g/mol. The highest BCUT2D eigenvalue weighted by atomic mass is 32.1. The van der Waals surface area contributed by atoms with Crippen molar-refractivity contribution in [2.24, 2.45) is 0 Å². The number of anilines is 1. The zero-order chi connectivity index (χ0) is 13.7. The quantitative estimate of drug-likeness (QED) is 0.899. The van der Waals surface area contributed by atoms with Crippen LogP contribution in [0, 0.1) is 0 Å². The van der Waals surface area contributed by atoms with Crippen molar-refractivity contribution in [3.63, 3.8) is 0 Å². The van der Waals surface area contributed by atoms with Gasteiger partial charge in [0.05, 0.1) is 17.7 Å². The first-order valence-electron chi connectivity index (χ1n) is 5.91. The van der Waals surface area contributed by atoms with Gasteiger partial charge in [-0.05, 0) is 19.1 Å². The van der Waals surface area contributed by atoms with Crippen LogP contribution in [0.15, 0.2) is 23.0 Å². The van der Waals surface area contributed by atoms with E-state index < -0.39 is 0 Å². The first kappa shape index (κ1) is 13.4. The minimum atomic E-state index is -0.163. The number of nitrogens with one attached hydrogen (secondary N) is 1. The van der Waals surface area contributed by atoms with Gasteiger partial charge in [-0.15, -0.1) is 21.5 Å². The third-order valence-corrected chi connectivity index (χ3v) is 3.11. The molecule has 0 aliphatic rings. The normalized spacial score (nSPS) is 10.2. The van der Waals surface area contributed by atoms with Crippen molar-refractivity contribution in [3.05, 3.63) is 34.4 Å². The Bertz CT molecular complexity index is 526. The Balaban J connectivity index is 2.02. The van der Waals surface area contributed by atoms with Crippen molar-refractivity contribution in [2.75, 3.05) is 18.9 Å². The lowest BCUT2D eigenvalue weighted by Gasteiger charge is -2.15. The maximum Gasteiger partial charge on any atom is 0.274 e. The van der Waals surface area contributed by atoms with Crippen LogP contribution in [0.1, 0.15) is 23.1 Å². The van der Waals surface area contributed by atoms with Crippen molar-refractivity contribution in [1.29, 1.82) is 0 Å². The summed E-state index contributed by atoms with van der Waals surface area (Å²) in [6.07, 6.45) is 0. The minimum absolute atomic E-state index is 0.163. The molecule has 2 rings (SSSR count). The third-order valence-electron chi connectivity index (χ3n) is 2.47. The second kappa shape index (κ2) is 6.24. The average molecular weight is 277 g/mol. The molecule has 2 aromatic rings. The van der Waals surface area contributed by atoms with Gasteiger partial charge in [0.1, 0.15) is 5.82 Å². The molecule has 0 saturated heterocycles. The van der Waals surface area contributed by atoms with Gasteiger partial charge in [-0.3, -0.25) is 4.79 Å². The molecule has 7 heteroatoms. The molecule has 6 nitrogen and oxygen atoms in total. The van der Waals surface area contributed by atoms with Crippen LogP contribution < -0.4 is 5.32 Å². The fourth-order valence-electron chi connectivity index (χ4n) is 1.55. The largest absolute Gasteiger partial charge is 0.369 e. The Hall–Kier alpha value is -2.02. The number of hydrogen-bond donors (Lipinski definition) is 1. The van der Waals surface area contributed by atoms with Gasteiger partial charge in [0.15, 0.2) is 5.69 Å². The Morgan fingerprint density at radius 1 is 1.42 bits per heavy atom. The van der Waals surface area contributed by atoms with E-state index in [9.17, 15) is 4.79 Å². The van der Waals surface area contributed by atoms with E-state index in [0.29, 0.717) is 18.1 Å². The van der Waals surface area contributed by atoms with E-state index in [4.69, 9.17) is 0 Å². The van der Waals surface area contributed by atoms with Crippen molar-refractivity contribution in [2.45, 2.75) is 13.5 Å². The van der Waals surface area contributed by atoms with E-state index in [0.717, 1.165) is 12.2 Å². The smallest absolute Gasteiger partial charge is 0.274 e. The summed E-state index contributed by atoms with van der Waals surface area (Å²) in [6, 6.07) is 3.42. The first-order chi connectivity index (χ1) is 9.20. The third kappa shape index (κ3) is 3.47. The summed E-state index contributed by atoms with van der Waals surface area (Å²) < 4.78 is 0. The van der Waals surface area contributed by atoms with Crippen molar-refractivity contribution in [1.82, 2.24) is 20.1 Å². The Labute approximate surface area is 115 Å². The predicted octanol–water partition coefficient (Wildman–Crippen LogP) is 1.64. The van der Waals surface area contributed by atoms with Gasteiger partial charge < -0.3 is 10.2 Å². The molecule has 1 amide bonds. The molecule has 2 heterocycles. The lowest BCUT2D eigenvalue weighted by atomic mass is 10.3. The highest BCUT2D eigenvalue weighted by Gasteiger charge is 2.14. The zero-order valence-electron chi connectivity index (χ0n) is 10.8. The molecule has 0 bridgehead atoms. The molecule has 0 radical (unpaired) electrons. The molecule has 0 aromatic carbocycles. The molecule has 0 aliphatic heterocycles. The van der Waals surface area contributed by atoms with Gasteiger partial charge in [-0.25, -0.2) is 4.98 Å². The maximum absolute atomic E-state index is 12.1.